The van der Waals surface area contributed by atoms with E-state index in [0.717, 1.165) is 23.5 Å². The number of nitrogens with zero attached hydrogens (tertiary/aromatic N) is 1. The topological polar surface area (TPSA) is 82.1 Å². The molecule has 0 aliphatic carbocycles. The Bertz CT molecular complexity index is 366. The molecular weight excluding hydrogens is 297 g/mol. The van der Waals surface area contributed by atoms with Crippen LogP contribution in [-0.2, 0) is 23.1 Å². The predicted molar refractivity (Wildman–Crippen MR) is 79.6 cm³/mol. The minimum absolute atomic E-state index is 0.0168. The summed E-state index contributed by atoms with van der Waals surface area (Å²) in [6.45, 7) is 4.49. The number of quaternary nitrogens is 1. The van der Waals surface area contributed by atoms with E-state index in [0.29, 0.717) is 12.8 Å². The van der Waals surface area contributed by atoms with Gasteiger partial charge in [-0.2, -0.15) is 0 Å². The molecule has 0 aromatic carbocycles. The molecule has 0 saturated heterocycles. The van der Waals surface area contributed by atoms with Gasteiger partial charge in [0.05, 0.1) is 47.5 Å². The molecule has 0 spiro atoms. The fraction of sp³-hybridized carbons (Fsp3) is 0.769. The maximum absolute atomic E-state index is 11.5. The Morgan fingerprint density at radius 1 is 1.14 bits per heavy atom. The average Bonchev–Trinajstić information content (AvgIpc) is 2.36. The van der Waals surface area contributed by atoms with Gasteiger partial charge in [0.1, 0.15) is 0 Å². The number of esters is 1. The van der Waals surface area contributed by atoms with Gasteiger partial charge in [0.15, 0.2) is 0 Å². The fourth-order valence-electron chi connectivity index (χ4n) is 1.38. The summed E-state index contributed by atoms with van der Waals surface area (Å²) in [6, 6.07) is 0. The molecule has 124 valence electrons. The summed E-state index contributed by atoms with van der Waals surface area (Å²) in [5.74, 6) is -0.532. The molecule has 0 fully saturated rings. The standard InChI is InChI=1S/C13H26NO6P/c1-5-13(15)18-10-8-12-20-21(16,17)19-11-7-6-9-14(2,3)4/h5H,1,6-12H2,2-4H3/p+1. The molecule has 0 aromatic rings. The molecule has 1 unspecified atom stereocenters. The Labute approximate surface area is 126 Å². The van der Waals surface area contributed by atoms with Crippen molar-refractivity contribution >= 4 is 13.8 Å². The molecule has 0 amide bonds. The molecule has 1 N–H and O–H groups in total. The molecule has 0 bridgehead atoms. The zero-order valence-electron chi connectivity index (χ0n) is 13.1. The van der Waals surface area contributed by atoms with Gasteiger partial charge >= 0.3 is 13.8 Å². The van der Waals surface area contributed by atoms with Crippen LogP contribution in [0.2, 0.25) is 0 Å². The number of hydrogen-bond acceptors (Lipinski definition) is 5. The predicted octanol–water partition coefficient (Wildman–Crippen LogP) is 1.73. The molecule has 7 nitrogen and oxygen atoms in total. The maximum Gasteiger partial charge on any atom is 0.472 e. The van der Waals surface area contributed by atoms with Crippen molar-refractivity contribution in [3.63, 3.8) is 0 Å². The van der Waals surface area contributed by atoms with Gasteiger partial charge in [0.25, 0.3) is 0 Å². The highest BCUT2D eigenvalue weighted by Crippen LogP contribution is 2.43. The Hall–Kier alpha value is -0.720. The largest absolute Gasteiger partial charge is 0.472 e. The average molecular weight is 324 g/mol. The summed E-state index contributed by atoms with van der Waals surface area (Å²) in [5, 5.41) is 0. The van der Waals surface area contributed by atoms with Gasteiger partial charge < -0.3 is 14.1 Å². The SMILES string of the molecule is C=CC(=O)OCCCOP(=O)(O)OCCCC[N+](C)(C)C. The van der Waals surface area contributed by atoms with E-state index < -0.39 is 13.8 Å². The van der Waals surface area contributed by atoms with Gasteiger partial charge in [-0.25, -0.2) is 9.36 Å². The van der Waals surface area contributed by atoms with Gasteiger partial charge in [-0.15, -0.1) is 0 Å². The van der Waals surface area contributed by atoms with Crippen LogP contribution in [0.15, 0.2) is 12.7 Å². The fourth-order valence-corrected chi connectivity index (χ4v) is 2.17. The number of hydrogen-bond donors (Lipinski definition) is 1. The zero-order valence-corrected chi connectivity index (χ0v) is 14.0. The smallest absolute Gasteiger partial charge is 0.462 e. The lowest BCUT2D eigenvalue weighted by atomic mass is 10.3. The number of ether oxygens (including phenoxy) is 1. The first-order valence-electron chi connectivity index (χ1n) is 6.88. The van der Waals surface area contributed by atoms with Crippen LogP contribution in [0, 0.1) is 0 Å². The number of carbonyl (C=O) groups is 1. The van der Waals surface area contributed by atoms with Crippen LogP contribution in [0.3, 0.4) is 0 Å². The van der Waals surface area contributed by atoms with E-state index >= 15 is 0 Å². The lowest BCUT2D eigenvalue weighted by Crippen LogP contribution is -2.35. The Morgan fingerprint density at radius 3 is 2.24 bits per heavy atom. The van der Waals surface area contributed by atoms with Crippen molar-refractivity contribution in [3.8, 4) is 0 Å². The molecule has 0 rings (SSSR count). The van der Waals surface area contributed by atoms with E-state index in [2.05, 4.69) is 27.7 Å². The van der Waals surface area contributed by atoms with Gasteiger partial charge in [0.2, 0.25) is 0 Å². The molecule has 0 heterocycles. The highest BCUT2D eigenvalue weighted by molar-refractivity contribution is 7.47. The van der Waals surface area contributed by atoms with E-state index in [1.54, 1.807) is 0 Å². The number of phosphoric acid groups is 1. The highest BCUT2D eigenvalue weighted by Gasteiger charge is 2.20. The van der Waals surface area contributed by atoms with E-state index in [1.165, 1.54) is 0 Å². The summed E-state index contributed by atoms with van der Waals surface area (Å²) in [5.41, 5.74) is 0. The normalized spacial score (nSPS) is 14.5. The van der Waals surface area contributed by atoms with Crippen molar-refractivity contribution in [3.05, 3.63) is 12.7 Å². The second-order valence-electron chi connectivity index (χ2n) is 5.58. The molecule has 0 radical (unpaired) electrons. The highest BCUT2D eigenvalue weighted by atomic mass is 31.2. The summed E-state index contributed by atoms with van der Waals surface area (Å²) in [7, 11) is 2.24. The number of phosphoric ester groups is 1. The Kier molecular flexibility index (Phi) is 9.74. The lowest BCUT2D eigenvalue weighted by molar-refractivity contribution is -0.870. The first-order valence-corrected chi connectivity index (χ1v) is 8.37. The molecule has 0 aliphatic heterocycles. The van der Waals surface area contributed by atoms with Gasteiger partial charge in [-0.05, 0) is 12.8 Å². The minimum atomic E-state index is -4.01. The van der Waals surface area contributed by atoms with Crippen molar-refractivity contribution < 1.29 is 32.5 Å². The first kappa shape index (κ1) is 20.3. The van der Waals surface area contributed by atoms with E-state index in [4.69, 9.17) is 13.8 Å². The van der Waals surface area contributed by atoms with Crippen LogP contribution in [0.4, 0.5) is 0 Å². The third-order valence-electron chi connectivity index (χ3n) is 2.43. The van der Waals surface area contributed by atoms with E-state index in [9.17, 15) is 14.3 Å². The molecule has 0 aromatic heterocycles. The van der Waals surface area contributed by atoms with Crippen molar-refractivity contribution in [1.82, 2.24) is 0 Å². The molecule has 21 heavy (non-hydrogen) atoms. The van der Waals surface area contributed by atoms with E-state index in [1.807, 2.05) is 0 Å². The third kappa shape index (κ3) is 14.0. The minimum Gasteiger partial charge on any atom is -0.462 e. The molecular formula is C13H27NO6P+. The second-order valence-corrected chi connectivity index (χ2v) is 7.03. The van der Waals surface area contributed by atoms with Gasteiger partial charge in [-0.3, -0.25) is 9.05 Å². The summed E-state index contributed by atoms with van der Waals surface area (Å²) in [4.78, 5) is 20.1. The maximum atomic E-state index is 11.5. The number of rotatable bonds is 12. The first-order chi connectivity index (χ1) is 9.66. The summed E-state index contributed by atoms with van der Waals surface area (Å²) >= 11 is 0. The zero-order chi connectivity index (χ0) is 16.4. The van der Waals surface area contributed by atoms with Crippen LogP contribution < -0.4 is 0 Å². The molecule has 1 atom stereocenters. The number of carbonyl (C=O) groups excluding carboxylic acids is 1. The van der Waals surface area contributed by atoms with Crippen LogP contribution in [-0.4, -0.2) is 62.9 Å². The lowest BCUT2D eigenvalue weighted by Gasteiger charge is -2.23. The monoisotopic (exact) mass is 324 g/mol. The molecule has 8 heteroatoms. The van der Waals surface area contributed by atoms with Gasteiger partial charge in [0, 0.05) is 12.5 Å². The summed E-state index contributed by atoms with van der Waals surface area (Å²) in [6.07, 6.45) is 2.97. The Balaban J connectivity index is 3.63. The van der Waals surface area contributed by atoms with Crippen LogP contribution >= 0.6 is 7.82 Å². The Morgan fingerprint density at radius 2 is 1.71 bits per heavy atom. The molecule has 0 saturated carbocycles. The summed E-state index contributed by atoms with van der Waals surface area (Å²) < 4.78 is 26.7. The van der Waals surface area contributed by atoms with Crippen LogP contribution in [0.5, 0.6) is 0 Å². The van der Waals surface area contributed by atoms with Gasteiger partial charge in [-0.1, -0.05) is 6.58 Å². The van der Waals surface area contributed by atoms with E-state index in [-0.39, 0.29) is 19.8 Å². The molecule has 0 aliphatic rings. The van der Waals surface area contributed by atoms with Crippen LogP contribution in [0.1, 0.15) is 19.3 Å². The second kappa shape index (κ2) is 10.1. The van der Waals surface area contributed by atoms with Crippen LogP contribution in [0.25, 0.3) is 0 Å². The van der Waals surface area contributed by atoms with Crippen molar-refractivity contribution in [2.45, 2.75) is 19.3 Å². The van der Waals surface area contributed by atoms with Crippen molar-refractivity contribution in [2.75, 3.05) is 47.5 Å². The number of unbranched alkanes of at least 4 members (excludes halogenated alkanes) is 1. The van der Waals surface area contributed by atoms with Crippen molar-refractivity contribution in [2.24, 2.45) is 0 Å². The van der Waals surface area contributed by atoms with Crippen molar-refractivity contribution in [1.29, 1.82) is 0 Å². The quantitative estimate of drug-likeness (QED) is 0.194. The third-order valence-corrected chi connectivity index (χ3v) is 3.45.